The van der Waals surface area contributed by atoms with E-state index in [9.17, 15) is 4.79 Å². The molecule has 0 spiro atoms. The van der Waals surface area contributed by atoms with E-state index in [0.29, 0.717) is 24.7 Å². The number of aromatic nitrogens is 1. The Balaban J connectivity index is 1.67. The molecular weight excluding hydrogens is 479 g/mol. The number of hydrogen-bond acceptors (Lipinski definition) is 4. The topological polar surface area (TPSA) is 51.7 Å². The summed E-state index contributed by atoms with van der Waals surface area (Å²) >= 11 is 8.53. The molecule has 0 saturated heterocycles. The van der Waals surface area contributed by atoms with Crippen molar-refractivity contribution in [3.63, 3.8) is 0 Å². The second kappa shape index (κ2) is 8.22. The predicted octanol–water partition coefficient (Wildman–Crippen LogP) is 5.44. The molecule has 3 rings (SSSR count). The van der Waals surface area contributed by atoms with Gasteiger partial charge < -0.3 is 14.4 Å². The van der Waals surface area contributed by atoms with Crippen LogP contribution in [-0.4, -0.2) is 41.3 Å². The van der Waals surface area contributed by atoms with Gasteiger partial charge in [-0.15, -0.1) is 0 Å². The van der Waals surface area contributed by atoms with E-state index < -0.39 is 5.60 Å². The van der Waals surface area contributed by atoms with E-state index in [0.717, 1.165) is 32.2 Å². The average molecular weight is 501 g/mol. The summed E-state index contributed by atoms with van der Waals surface area (Å²) < 4.78 is 12.4. The number of benzene rings is 1. The maximum atomic E-state index is 12.1. The van der Waals surface area contributed by atoms with Gasteiger partial charge in [0.1, 0.15) is 17.7 Å². The van der Waals surface area contributed by atoms with Gasteiger partial charge in [0.05, 0.1) is 8.59 Å². The largest absolute Gasteiger partial charge is 0.486 e. The third kappa shape index (κ3) is 5.04. The smallest absolute Gasteiger partial charge is 0.410 e. The summed E-state index contributed by atoms with van der Waals surface area (Å²) in [5, 5.41) is 1.54. The maximum absolute atomic E-state index is 12.1. The van der Waals surface area contributed by atoms with Crippen LogP contribution in [0.25, 0.3) is 10.9 Å². The first-order valence-corrected chi connectivity index (χ1v) is 10.2. The second-order valence-electron chi connectivity index (χ2n) is 7.40. The summed E-state index contributed by atoms with van der Waals surface area (Å²) in [6, 6.07) is 5.69. The van der Waals surface area contributed by atoms with Crippen molar-refractivity contribution in [2.75, 3.05) is 19.7 Å². The van der Waals surface area contributed by atoms with E-state index in [2.05, 4.69) is 27.6 Å². The first-order chi connectivity index (χ1) is 12.7. The van der Waals surface area contributed by atoms with Gasteiger partial charge in [-0.3, -0.25) is 4.98 Å². The van der Waals surface area contributed by atoms with Gasteiger partial charge in [-0.05, 0) is 73.6 Å². The van der Waals surface area contributed by atoms with Gasteiger partial charge in [0, 0.05) is 24.7 Å². The zero-order valence-electron chi connectivity index (χ0n) is 15.6. The molecule has 0 radical (unpaired) electrons. The van der Waals surface area contributed by atoms with Crippen molar-refractivity contribution in [1.82, 2.24) is 9.88 Å². The van der Waals surface area contributed by atoms with Gasteiger partial charge in [-0.2, -0.15) is 0 Å². The van der Waals surface area contributed by atoms with Crippen molar-refractivity contribution in [2.45, 2.75) is 32.8 Å². The molecule has 7 heteroatoms. The molecule has 1 aliphatic rings. The van der Waals surface area contributed by atoms with Crippen LogP contribution in [0.1, 0.15) is 27.2 Å². The number of carbonyl (C=O) groups excluding carboxylic acids is 1. The molecule has 5 nitrogen and oxygen atoms in total. The highest BCUT2D eigenvalue weighted by Gasteiger charge is 2.24. The number of fused-ring (bicyclic) bond motifs is 1. The van der Waals surface area contributed by atoms with Crippen molar-refractivity contribution in [3.8, 4) is 5.75 Å². The van der Waals surface area contributed by atoms with Crippen LogP contribution in [-0.2, 0) is 4.74 Å². The lowest BCUT2D eigenvalue weighted by atomic mass is 10.1. The van der Waals surface area contributed by atoms with E-state index in [-0.39, 0.29) is 6.09 Å². The molecule has 2 aromatic rings. The van der Waals surface area contributed by atoms with Crippen LogP contribution in [0.3, 0.4) is 0 Å². The molecular formula is C20H22ClIN2O3. The van der Waals surface area contributed by atoms with E-state index in [1.165, 1.54) is 0 Å². The standard InChI is InChI=1S/C20H22ClIN2O3/c1-20(2,3)27-19(25)24-9-6-13(7-10-24)12-26-18-16(22)11-15(21)14-5-4-8-23-17(14)18/h4-6,8,11H,7,9-10,12H2,1-3H3. The first-order valence-electron chi connectivity index (χ1n) is 8.76. The van der Waals surface area contributed by atoms with E-state index >= 15 is 0 Å². The van der Waals surface area contributed by atoms with E-state index in [1.807, 2.05) is 45.0 Å². The minimum atomic E-state index is -0.483. The molecule has 0 bridgehead atoms. The van der Waals surface area contributed by atoms with Crippen LogP contribution < -0.4 is 4.74 Å². The Labute approximate surface area is 177 Å². The molecule has 144 valence electrons. The highest BCUT2D eigenvalue weighted by Crippen LogP contribution is 2.35. The highest BCUT2D eigenvalue weighted by atomic mass is 127. The number of amides is 1. The molecule has 0 unspecified atom stereocenters. The zero-order valence-corrected chi connectivity index (χ0v) is 18.5. The Bertz CT molecular complexity index is 893. The Morgan fingerprint density at radius 1 is 1.41 bits per heavy atom. The molecule has 2 heterocycles. The van der Waals surface area contributed by atoms with Crippen LogP contribution in [0.4, 0.5) is 4.79 Å². The van der Waals surface area contributed by atoms with Crippen LogP contribution >= 0.6 is 34.2 Å². The van der Waals surface area contributed by atoms with Crippen molar-refractivity contribution < 1.29 is 14.3 Å². The Morgan fingerprint density at radius 3 is 2.85 bits per heavy atom. The number of halogens is 2. The molecule has 0 atom stereocenters. The third-order valence-electron chi connectivity index (χ3n) is 4.11. The molecule has 0 N–H and O–H groups in total. The molecule has 1 aliphatic heterocycles. The second-order valence-corrected chi connectivity index (χ2v) is 8.97. The van der Waals surface area contributed by atoms with Gasteiger partial charge >= 0.3 is 6.09 Å². The quantitative estimate of drug-likeness (QED) is 0.416. The zero-order chi connectivity index (χ0) is 19.6. The molecule has 27 heavy (non-hydrogen) atoms. The van der Waals surface area contributed by atoms with E-state index in [1.54, 1.807) is 11.1 Å². The van der Waals surface area contributed by atoms with Crippen molar-refractivity contribution in [3.05, 3.63) is 44.6 Å². The average Bonchev–Trinajstić information content (AvgIpc) is 2.60. The fraction of sp³-hybridized carbons (Fsp3) is 0.400. The van der Waals surface area contributed by atoms with Crippen molar-refractivity contribution in [1.29, 1.82) is 0 Å². The van der Waals surface area contributed by atoms with Gasteiger partial charge in [-0.1, -0.05) is 17.7 Å². The number of nitrogens with zero attached hydrogens (tertiary/aromatic N) is 2. The predicted molar refractivity (Wildman–Crippen MR) is 115 cm³/mol. The molecule has 1 amide bonds. The monoisotopic (exact) mass is 500 g/mol. The van der Waals surface area contributed by atoms with Crippen molar-refractivity contribution in [2.24, 2.45) is 0 Å². The molecule has 0 saturated carbocycles. The fourth-order valence-corrected chi connectivity index (χ4v) is 3.95. The van der Waals surface area contributed by atoms with Crippen LogP contribution in [0, 0.1) is 3.57 Å². The van der Waals surface area contributed by atoms with Crippen molar-refractivity contribution >= 4 is 51.2 Å². The summed E-state index contributed by atoms with van der Waals surface area (Å²) in [5.41, 5.74) is 1.44. The minimum absolute atomic E-state index is 0.277. The van der Waals surface area contributed by atoms with Crippen LogP contribution in [0.5, 0.6) is 5.75 Å². The number of ether oxygens (including phenoxy) is 2. The summed E-state index contributed by atoms with van der Waals surface area (Å²) in [6.45, 7) is 7.23. The number of carbonyl (C=O) groups is 1. The minimum Gasteiger partial charge on any atom is -0.486 e. The summed E-state index contributed by atoms with van der Waals surface area (Å²) in [5.74, 6) is 0.742. The molecule has 0 fully saturated rings. The highest BCUT2D eigenvalue weighted by molar-refractivity contribution is 14.1. The van der Waals surface area contributed by atoms with Gasteiger partial charge in [0.2, 0.25) is 0 Å². The Morgan fingerprint density at radius 2 is 2.19 bits per heavy atom. The lowest BCUT2D eigenvalue weighted by Gasteiger charge is -2.29. The molecule has 0 aliphatic carbocycles. The number of rotatable bonds is 3. The Hall–Kier alpha value is -1.54. The molecule has 1 aromatic heterocycles. The Kier molecular flexibility index (Phi) is 6.15. The van der Waals surface area contributed by atoms with Crippen LogP contribution in [0.15, 0.2) is 36.0 Å². The van der Waals surface area contributed by atoms with Gasteiger partial charge in [0.25, 0.3) is 0 Å². The maximum Gasteiger partial charge on any atom is 0.410 e. The number of hydrogen-bond donors (Lipinski definition) is 0. The van der Waals surface area contributed by atoms with Gasteiger partial charge in [0.15, 0.2) is 5.75 Å². The summed E-state index contributed by atoms with van der Waals surface area (Å²) in [6.07, 6.45) is 4.25. The summed E-state index contributed by atoms with van der Waals surface area (Å²) in [4.78, 5) is 18.3. The molecule has 1 aromatic carbocycles. The summed E-state index contributed by atoms with van der Waals surface area (Å²) in [7, 11) is 0. The van der Waals surface area contributed by atoms with E-state index in [4.69, 9.17) is 21.1 Å². The third-order valence-corrected chi connectivity index (χ3v) is 5.22. The lowest BCUT2D eigenvalue weighted by Crippen LogP contribution is -2.39. The SMILES string of the molecule is CC(C)(C)OC(=O)N1CC=C(COc2c(I)cc(Cl)c3cccnc23)CC1. The fourth-order valence-electron chi connectivity index (χ4n) is 2.78. The number of pyridine rings is 1. The lowest BCUT2D eigenvalue weighted by molar-refractivity contribution is 0.0264. The first kappa shape index (κ1) is 20.2. The van der Waals surface area contributed by atoms with Gasteiger partial charge in [-0.25, -0.2) is 4.79 Å². The van der Waals surface area contributed by atoms with Crippen LogP contribution in [0.2, 0.25) is 5.02 Å². The normalized spacial score (nSPS) is 14.9.